The number of carbonyl (C=O) groups is 4. The highest BCUT2D eigenvalue weighted by atomic mass is 35.5. The fourth-order valence-electron chi connectivity index (χ4n) is 12.0. The maximum absolute atomic E-state index is 14.2. The van der Waals surface area contributed by atoms with Crippen LogP contribution in [0.2, 0.25) is 5.02 Å². The summed E-state index contributed by atoms with van der Waals surface area (Å²) in [6, 6.07) is 5.96. The molecule has 2 aliphatic rings. The molecule has 6 rings (SSSR count). The van der Waals surface area contributed by atoms with E-state index in [1.54, 1.807) is 33.5 Å². The molecule has 0 aliphatic carbocycles. The molecule has 39 nitrogen and oxygen atoms in total. The number of carbonyl (C=O) groups excluding carboxylic acids is 4. The first-order chi connectivity index (χ1) is 58.4. The molecule has 1 aromatic carbocycles. The number of aryl methyl sites for hydroxylation is 1. The van der Waals surface area contributed by atoms with Crippen molar-refractivity contribution in [2.45, 2.75) is 97.1 Å². The summed E-state index contributed by atoms with van der Waals surface area (Å²) in [6.45, 7) is 27.3. The highest BCUT2D eigenvalue weighted by Crippen LogP contribution is 2.35. The standard InChI is InChI=1S/C79H134ClN13O26S/c1-65-61-93-73(58-71(86-93)72-11-7-8-18-92(72)77(96)69-57-66(80)12-13-70(69)87-120(6,98)99)84-76(65)89-19-14-68(63-89)91(78(97)119-79(2,3)4)17-9-10-21-101-25-27-104-31-33-107-37-39-115-51-52-116-53-54-117-55-56-118-64-67-62-90(88-85-67)20-15-82-74(94)59-81-60-75(95)83-16-22-102-26-28-105-32-34-108-38-40-110-43-44-112-47-48-114-50-49-113-46-45-111-42-41-109-36-35-106-30-29-103-24-23-100-5/h12-13,57-58,61-62,68,72,81,87H,7-11,14-56,59-60,63-64H2,1-6H3,(H,82,94)(H,83,95)/t68-,72?/m0/s1. The molecular weight excluding hydrogens is 1610 g/mol. The molecular formula is C79H134ClN13O26S. The van der Waals surface area contributed by atoms with Crippen LogP contribution in [-0.4, -0.2) is 387 Å². The fraction of sp³-hybridized carbons (Fsp3) is 0.772. The van der Waals surface area contributed by atoms with E-state index in [4.69, 9.17) is 116 Å². The number of sulfonamides is 1. The van der Waals surface area contributed by atoms with E-state index < -0.39 is 15.6 Å². The Morgan fingerprint density at radius 2 is 1.02 bits per heavy atom. The van der Waals surface area contributed by atoms with E-state index >= 15 is 0 Å². The van der Waals surface area contributed by atoms with Crippen LogP contribution in [0, 0.1) is 6.92 Å². The van der Waals surface area contributed by atoms with Crippen LogP contribution in [0.5, 0.6) is 0 Å². The van der Waals surface area contributed by atoms with Crippen molar-refractivity contribution in [2.75, 3.05) is 313 Å². The van der Waals surface area contributed by atoms with Crippen molar-refractivity contribution in [2.24, 2.45) is 0 Å². The van der Waals surface area contributed by atoms with Crippen molar-refractivity contribution in [1.82, 2.24) is 55.3 Å². The maximum atomic E-state index is 14.2. The number of likely N-dealkylation sites (tertiary alicyclic amines) is 1. The normalized spacial score (nSPS) is 14.6. The van der Waals surface area contributed by atoms with Gasteiger partial charge >= 0.3 is 6.09 Å². The van der Waals surface area contributed by atoms with E-state index in [2.05, 4.69) is 35.9 Å². The Kier molecular flexibility index (Phi) is 54.3. The quantitative estimate of drug-likeness (QED) is 0.0459. The second kappa shape index (κ2) is 63.6. The molecule has 4 aromatic rings. The number of anilines is 2. The number of hydrogen-bond donors (Lipinski definition) is 4. The largest absolute Gasteiger partial charge is 0.444 e. The molecule has 0 saturated carbocycles. The predicted octanol–water partition coefficient (Wildman–Crippen LogP) is 3.58. The molecule has 41 heteroatoms. The second-order valence-corrected chi connectivity index (χ2v) is 30.9. The first kappa shape index (κ1) is 102. The number of nitrogens with one attached hydrogen (secondary N) is 4. The molecule has 684 valence electrons. The topological polar surface area (TPSA) is 406 Å². The minimum atomic E-state index is -3.67. The summed E-state index contributed by atoms with van der Waals surface area (Å²) in [5.41, 5.74) is 2.51. The Hall–Kier alpha value is -6.30. The Morgan fingerprint density at radius 1 is 0.558 bits per heavy atom. The predicted molar refractivity (Wildman–Crippen MR) is 442 cm³/mol. The number of rotatable bonds is 74. The number of aromatic nitrogens is 6. The van der Waals surface area contributed by atoms with Crippen LogP contribution in [0.4, 0.5) is 16.3 Å². The van der Waals surface area contributed by atoms with Gasteiger partial charge in [0.25, 0.3) is 5.91 Å². The molecule has 2 saturated heterocycles. The lowest BCUT2D eigenvalue weighted by atomic mass is 9.98. The Balaban J connectivity index is 0.640. The molecule has 2 fully saturated rings. The van der Waals surface area contributed by atoms with E-state index in [0.717, 1.165) is 49.7 Å². The van der Waals surface area contributed by atoms with Crippen LogP contribution in [0.15, 0.2) is 36.7 Å². The number of halogens is 1. The van der Waals surface area contributed by atoms with Gasteiger partial charge in [0.2, 0.25) is 21.8 Å². The van der Waals surface area contributed by atoms with Crippen LogP contribution in [0.1, 0.15) is 92.6 Å². The third kappa shape index (κ3) is 47.0. The van der Waals surface area contributed by atoms with E-state index in [9.17, 15) is 27.6 Å². The van der Waals surface area contributed by atoms with Gasteiger partial charge in [-0.3, -0.25) is 29.1 Å². The monoisotopic (exact) mass is 1750 g/mol. The lowest BCUT2D eigenvalue weighted by molar-refractivity contribution is -0.121. The third-order valence-electron chi connectivity index (χ3n) is 17.7. The molecule has 4 N–H and O–H groups in total. The van der Waals surface area contributed by atoms with E-state index in [1.165, 1.54) is 12.1 Å². The molecule has 2 aliphatic heterocycles. The zero-order valence-electron chi connectivity index (χ0n) is 71.3. The van der Waals surface area contributed by atoms with Crippen molar-refractivity contribution >= 4 is 62.6 Å². The molecule has 120 heavy (non-hydrogen) atoms. The summed E-state index contributed by atoms with van der Waals surface area (Å²) in [7, 11) is -2.03. The highest BCUT2D eigenvalue weighted by Gasteiger charge is 2.36. The van der Waals surface area contributed by atoms with Gasteiger partial charge in [0.05, 0.1) is 299 Å². The van der Waals surface area contributed by atoms with E-state index in [0.29, 0.717) is 312 Å². The average molecular weight is 1750 g/mol. The summed E-state index contributed by atoms with van der Waals surface area (Å²) in [5, 5.41) is 21.8. The van der Waals surface area contributed by atoms with Crippen LogP contribution < -0.4 is 25.6 Å². The van der Waals surface area contributed by atoms with E-state index in [-0.39, 0.29) is 66.8 Å². The Labute approximate surface area is 711 Å². The number of piperidine rings is 1. The van der Waals surface area contributed by atoms with Crippen LogP contribution in [0.25, 0.3) is 5.65 Å². The lowest BCUT2D eigenvalue weighted by Crippen LogP contribution is -2.45. The van der Waals surface area contributed by atoms with Gasteiger partial charge in [0.1, 0.15) is 17.1 Å². The van der Waals surface area contributed by atoms with Gasteiger partial charge in [-0.2, -0.15) is 5.10 Å². The minimum Gasteiger partial charge on any atom is -0.444 e. The van der Waals surface area contributed by atoms with Gasteiger partial charge in [-0.05, 0) is 84.4 Å². The minimum absolute atomic E-state index is 0.0222. The number of unbranched alkanes of at least 4 members (excludes halogenated alkanes) is 1. The molecule has 4 amide bonds. The zero-order valence-corrected chi connectivity index (χ0v) is 72.9. The first-order valence-electron chi connectivity index (χ1n) is 41.6. The average Bonchev–Trinajstić information content (AvgIpc) is 1.61. The number of amides is 4. The van der Waals surface area contributed by atoms with Crippen molar-refractivity contribution in [3.63, 3.8) is 0 Å². The Morgan fingerprint density at radius 3 is 1.51 bits per heavy atom. The van der Waals surface area contributed by atoms with Crippen LogP contribution >= 0.6 is 11.6 Å². The molecule has 0 radical (unpaired) electrons. The SMILES string of the molecule is COCCOCCOCCOCCOCCOCCOCCOCCOCCOCCOCCOCCNC(=O)CNCC(=O)NCCn1cc(COCCOCCOCCOCCOCCOCCOCCCCN(C(=O)OC(C)(C)C)[C@H]2CCN(c3nc4cc(C5CCCCN5C(=O)c5cc(Cl)ccc5NS(C)(=O)=O)nn4cc3C)C2)nn1. The van der Waals surface area contributed by atoms with Gasteiger partial charge in [-0.1, -0.05) is 16.8 Å². The zero-order chi connectivity index (χ0) is 85.8. The van der Waals surface area contributed by atoms with Gasteiger partial charge in [-0.25, -0.2) is 22.7 Å². The summed E-state index contributed by atoms with van der Waals surface area (Å²) >= 11 is 6.32. The number of fused-ring (bicyclic) bond motifs is 1. The maximum Gasteiger partial charge on any atom is 0.410 e. The molecule has 2 atom stereocenters. The van der Waals surface area contributed by atoms with Crippen molar-refractivity contribution in [1.29, 1.82) is 0 Å². The number of ether oxygens (including phenoxy) is 20. The number of hydrogen-bond acceptors (Lipinski definition) is 32. The molecule has 0 spiro atoms. The highest BCUT2D eigenvalue weighted by molar-refractivity contribution is 7.92. The summed E-state index contributed by atoms with van der Waals surface area (Å²) in [6.07, 6.45) is 8.90. The molecule has 5 heterocycles. The Bertz CT molecular complexity index is 3500. The molecule has 3 aromatic heterocycles. The van der Waals surface area contributed by atoms with Crippen molar-refractivity contribution in [3.8, 4) is 0 Å². The number of nitrogens with zero attached hydrogens (tertiary/aromatic N) is 9. The van der Waals surface area contributed by atoms with Crippen LogP contribution in [-0.2, 0) is 128 Å². The van der Waals surface area contributed by atoms with Gasteiger partial charge in [-0.15, -0.1) is 5.10 Å². The van der Waals surface area contributed by atoms with Gasteiger partial charge in [0.15, 0.2) is 5.65 Å². The van der Waals surface area contributed by atoms with E-state index in [1.807, 2.05) is 44.9 Å². The number of methoxy groups -OCH3 is 1. The van der Waals surface area contributed by atoms with Crippen LogP contribution in [0.3, 0.4) is 0 Å². The van der Waals surface area contributed by atoms with Crippen molar-refractivity contribution in [3.05, 3.63) is 64.2 Å². The third-order valence-corrected chi connectivity index (χ3v) is 18.6. The lowest BCUT2D eigenvalue weighted by Gasteiger charge is -2.35. The summed E-state index contributed by atoms with van der Waals surface area (Å²) < 4.78 is 141. The first-order valence-corrected chi connectivity index (χ1v) is 43.9. The second-order valence-electron chi connectivity index (χ2n) is 28.7. The van der Waals surface area contributed by atoms with Crippen molar-refractivity contribution < 1.29 is 122 Å². The number of benzene rings is 1. The summed E-state index contributed by atoms with van der Waals surface area (Å²) in [4.78, 5) is 63.3. The summed E-state index contributed by atoms with van der Waals surface area (Å²) in [5.74, 6) is -0.0708. The van der Waals surface area contributed by atoms with Gasteiger partial charge in [0, 0.05) is 75.8 Å². The fourth-order valence-corrected chi connectivity index (χ4v) is 12.7. The molecule has 1 unspecified atom stereocenters. The molecule has 0 bridgehead atoms. The smallest absolute Gasteiger partial charge is 0.410 e. The van der Waals surface area contributed by atoms with Gasteiger partial charge < -0.3 is 120 Å².